The van der Waals surface area contributed by atoms with Crippen molar-refractivity contribution in [2.75, 3.05) is 12.3 Å². The van der Waals surface area contributed by atoms with Crippen LogP contribution in [0.2, 0.25) is 0 Å². The van der Waals surface area contributed by atoms with E-state index in [2.05, 4.69) is 20.9 Å². The zero-order valence-electron chi connectivity index (χ0n) is 10.9. The molecule has 1 aromatic heterocycles. The fourth-order valence-electron chi connectivity index (χ4n) is 1.95. The number of aromatic nitrogens is 1. The van der Waals surface area contributed by atoms with Gasteiger partial charge in [0.1, 0.15) is 10.8 Å². The number of fused-ring (bicyclic) bond motifs is 1. The maximum absolute atomic E-state index is 5.81. The van der Waals surface area contributed by atoms with E-state index in [0.29, 0.717) is 6.61 Å². The van der Waals surface area contributed by atoms with Gasteiger partial charge in [-0.1, -0.05) is 0 Å². The zero-order chi connectivity index (χ0) is 14.1. The Bertz CT molecular complexity index is 770. The summed E-state index contributed by atoms with van der Waals surface area (Å²) in [6.45, 7) is 2.65. The number of anilines is 1. The van der Waals surface area contributed by atoms with Crippen LogP contribution in [0.5, 0.6) is 5.75 Å². The smallest absolute Gasteiger partial charge is 0.124 e. The van der Waals surface area contributed by atoms with Crippen LogP contribution in [-0.4, -0.2) is 11.6 Å². The van der Waals surface area contributed by atoms with Crippen molar-refractivity contribution in [3.05, 3.63) is 40.9 Å². The Hall–Kier alpha value is -1.59. The minimum absolute atomic E-state index is 0.669. The van der Waals surface area contributed by atoms with Gasteiger partial charge in [-0.05, 0) is 59.3 Å². The van der Waals surface area contributed by atoms with Crippen LogP contribution in [0.25, 0.3) is 20.8 Å². The highest BCUT2D eigenvalue weighted by Crippen LogP contribution is 2.34. The Kier molecular flexibility index (Phi) is 3.63. The van der Waals surface area contributed by atoms with Crippen LogP contribution in [0.1, 0.15) is 6.92 Å². The fraction of sp³-hybridized carbons (Fsp3) is 0.133. The number of hydrogen-bond donors (Lipinski definition) is 1. The zero-order valence-corrected chi connectivity index (χ0v) is 13.3. The highest BCUT2D eigenvalue weighted by molar-refractivity contribution is 9.10. The highest BCUT2D eigenvalue weighted by atomic mass is 79.9. The second-order valence-electron chi connectivity index (χ2n) is 4.32. The number of halogens is 1. The number of nitrogens with zero attached hydrogens (tertiary/aromatic N) is 1. The summed E-state index contributed by atoms with van der Waals surface area (Å²) in [5.74, 6) is 0.883. The van der Waals surface area contributed by atoms with Gasteiger partial charge in [0.05, 0.1) is 16.8 Å². The van der Waals surface area contributed by atoms with Crippen LogP contribution in [0, 0.1) is 0 Å². The van der Waals surface area contributed by atoms with E-state index in [1.807, 2.05) is 43.3 Å². The number of nitrogens with two attached hydrogens (primary N) is 1. The molecule has 0 aliphatic heterocycles. The van der Waals surface area contributed by atoms with E-state index in [1.165, 1.54) is 0 Å². The Morgan fingerprint density at radius 2 is 2.10 bits per heavy atom. The average molecular weight is 349 g/mol. The van der Waals surface area contributed by atoms with Crippen molar-refractivity contribution in [2.45, 2.75) is 6.92 Å². The summed E-state index contributed by atoms with van der Waals surface area (Å²) in [6.07, 6.45) is 0. The lowest BCUT2D eigenvalue weighted by Gasteiger charge is -2.00. The van der Waals surface area contributed by atoms with Gasteiger partial charge in [0.2, 0.25) is 0 Å². The van der Waals surface area contributed by atoms with E-state index in [9.17, 15) is 0 Å². The molecule has 0 aliphatic carbocycles. The first-order chi connectivity index (χ1) is 9.67. The summed E-state index contributed by atoms with van der Waals surface area (Å²) in [6, 6.07) is 11.8. The van der Waals surface area contributed by atoms with Crippen LogP contribution in [0.4, 0.5) is 5.69 Å². The molecule has 0 saturated heterocycles. The first kappa shape index (κ1) is 13.4. The van der Waals surface area contributed by atoms with E-state index in [4.69, 9.17) is 10.5 Å². The van der Waals surface area contributed by atoms with Crippen LogP contribution in [-0.2, 0) is 0 Å². The van der Waals surface area contributed by atoms with Crippen molar-refractivity contribution in [3.63, 3.8) is 0 Å². The number of benzene rings is 2. The first-order valence-electron chi connectivity index (χ1n) is 6.26. The van der Waals surface area contributed by atoms with Crippen molar-refractivity contribution in [1.29, 1.82) is 0 Å². The molecule has 0 unspecified atom stereocenters. The van der Waals surface area contributed by atoms with E-state index >= 15 is 0 Å². The van der Waals surface area contributed by atoms with Crippen LogP contribution in [0.15, 0.2) is 40.9 Å². The molecule has 0 fully saturated rings. The standard InChI is InChI=1S/C15H13BrN2OS/c1-2-19-10-4-6-13-14(8-10)20-15(18-13)9-3-5-12(17)11(16)7-9/h3-8H,2,17H2,1H3. The molecular formula is C15H13BrN2OS. The van der Waals surface area contributed by atoms with Gasteiger partial charge in [-0.15, -0.1) is 11.3 Å². The first-order valence-corrected chi connectivity index (χ1v) is 7.87. The number of rotatable bonds is 3. The Labute approximate surface area is 129 Å². The molecule has 0 atom stereocenters. The van der Waals surface area contributed by atoms with Gasteiger partial charge in [0, 0.05) is 15.7 Å². The lowest BCUT2D eigenvalue weighted by atomic mass is 10.2. The van der Waals surface area contributed by atoms with Crippen LogP contribution < -0.4 is 10.5 Å². The summed E-state index contributed by atoms with van der Waals surface area (Å²) in [7, 11) is 0. The SMILES string of the molecule is CCOc1ccc2nc(-c3ccc(N)c(Br)c3)sc2c1. The number of hydrogen-bond acceptors (Lipinski definition) is 4. The molecule has 1 heterocycles. The van der Waals surface area contributed by atoms with Gasteiger partial charge in [-0.3, -0.25) is 0 Å². The molecule has 5 heteroatoms. The summed E-state index contributed by atoms with van der Waals surface area (Å²) < 4.78 is 7.54. The molecule has 3 aromatic rings. The highest BCUT2D eigenvalue weighted by Gasteiger charge is 2.08. The summed E-state index contributed by atoms with van der Waals surface area (Å²) in [4.78, 5) is 4.66. The van der Waals surface area contributed by atoms with Gasteiger partial charge in [0.15, 0.2) is 0 Å². The van der Waals surface area contributed by atoms with Crippen LogP contribution in [0.3, 0.4) is 0 Å². The Morgan fingerprint density at radius 3 is 2.85 bits per heavy atom. The van der Waals surface area contributed by atoms with E-state index in [0.717, 1.165) is 36.7 Å². The molecule has 20 heavy (non-hydrogen) atoms. The predicted molar refractivity (Wildman–Crippen MR) is 88.3 cm³/mol. The number of nitrogen functional groups attached to an aromatic ring is 1. The topological polar surface area (TPSA) is 48.1 Å². The maximum atomic E-state index is 5.81. The van der Waals surface area contributed by atoms with Gasteiger partial charge in [-0.2, -0.15) is 0 Å². The quantitative estimate of drug-likeness (QED) is 0.697. The predicted octanol–water partition coefficient (Wildman–Crippen LogP) is 4.71. The van der Waals surface area contributed by atoms with E-state index in [1.54, 1.807) is 11.3 Å². The van der Waals surface area contributed by atoms with Crippen molar-refractivity contribution >= 4 is 43.2 Å². The lowest BCUT2D eigenvalue weighted by molar-refractivity contribution is 0.341. The number of ether oxygens (including phenoxy) is 1. The molecule has 2 N–H and O–H groups in total. The lowest BCUT2D eigenvalue weighted by Crippen LogP contribution is -1.89. The third-order valence-corrected chi connectivity index (χ3v) is 4.67. The molecule has 102 valence electrons. The third kappa shape index (κ3) is 2.51. The molecular weight excluding hydrogens is 336 g/mol. The Balaban J connectivity index is 2.05. The van der Waals surface area contributed by atoms with Crippen molar-refractivity contribution in [2.24, 2.45) is 0 Å². The largest absolute Gasteiger partial charge is 0.494 e. The molecule has 3 nitrogen and oxygen atoms in total. The average Bonchev–Trinajstić information content (AvgIpc) is 2.85. The molecule has 2 aromatic carbocycles. The van der Waals surface area contributed by atoms with Crippen LogP contribution >= 0.6 is 27.3 Å². The van der Waals surface area contributed by atoms with Gasteiger partial charge in [-0.25, -0.2) is 4.98 Å². The fourth-order valence-corrected chi connectivity index (χ4v) is 3.31. The normalized spacial score (nSPS) is 10.9. The molecule has 0 aliphatic rings. The van der Waals surface area contributed by atoms with Crippen molar-refractivity contribution in [1.82, 2.24) is 4.98 Å². The summed E-state index contributed by atoms with van der Waals surface area (Å²) in [5.41, 5.74) is 8.59. The molecule has 0 spiro atoms. The summed E-state index contributed by atoms with van der Waals surface area (Å²) >= 11 is 5.10. The molecule has 0 amide bonds. The maximum Gasteiger partial charge on any atom is 0.124 e. The van der Waals surface area contributed by atoms with E-state index in [-0.39, 0.29) is 0 Å². The second-order valence-corrected chi connectivity index (χ2v) is 6.20. The minimum atomic E-state index is 0.669. The van der Waals surface area contributed by atoms with Gasteiger partial charge < -0.3 is 10.5 Å². The second kappa shape index (κ2) is 5.42. The molecule has 0 radical (unpaired) electrons. The van der Waals surface area contributed by atoms with Gasteiger partial charge in [0.25, 0.3) is 0 Å². The Morgan fingerprint density at radius 1 is 1.25 bits per heavy atom. The molecule has 0 saturated carbocycles. The van der Waals surface area contributed by atoms with E-state index < -0.39 is 0 Å². The minimum Gasteiger partial charge on any atom is -0.494 e. The third-order valence-electron chi connectivity index (χ3n) is 2.92. The summed E-state index contributed by atoms with van der Waals surface area (Å²) in [5, 5.41) is 0.981. The number of thiazole rings is 1. The van der Waals surface area contributed by atoms with Crippen molar-refractivity contribution in [3.8, 4) is 16.3 Å². The van der Waals surface area contributed by atoms with Gasteiger partial charge >= 0.3 is 0 Å². The monoisotopic (exact) mass is 348 g/mol. The molecule has 0 bridgehead atoms. The molecule has 3 rings (SSSR count). The van der Waals surface area contributed by atoms with Crippen molar-refractivity contribution < 1.29 is 4.74 Å².